The van der Waals surface area contributed by atoms with Crippen LogP contribution < -0.4 is 14.4 Å². The number of ether oxygens (including phenoxy) is 2. The first-order valence-electron chi connectivity index (χ1n) is 7.82. The van der Waals surface area contributed by atoms with E-state index in [0.29, 0.717) is 44.3 Å². The second kappa shape index (κ2) is 6.77. The summed E-state index contributed by atoms with van der Waals surface area (Å²) in [6.45, 7) is 4.54. The number of fused-ring (bicyclic) bond motifs is 1. The fourth-order valence-electron chi connectivity index (χ4n) is 2.84. The zero-order valence-corrected chi connectivity index (χ0v) is 13.7. The number of hydrogen-bond donors (Lipinski definition) is 1. The first-order chi connectivity index (χ1) is 11.6. The SMILES string of the molecule is CCOc1cc2ncnc(N3CCN(C(=O)O)CC3)c2cc1OC. The zero-order valence-electron chi connectivity index (χ0n) is 13.7. The first-order valence-corrected chi connectivity index (χ1v) is 7.82. The summed E-state index contributed by atoms with van der Waals surface area (Å²) in [5.74, 6) is 2.06. The van der Waals surface area contributed by atoms with Gasteiger partial charge in [0.2, 0.25) is 0 Å². The van der Waals surface area contributed by atoms with Gasteiger partial charge in [0.05, 0.1) is 19.2 Å². The first kappa shape index (κ1) is 16.1. The molecule has 1 aromatic carbocycles. The number of piperazine rings is 1. The molecule has 0 unspecified atom stereocenters. The molecule has 0 spiro atoms. The second-order valence-electron chi connectivity index (χ2n) is 5.41. The Morgan fingerprint density at radius 1 is 1.21 bits per heavy atom. The standard InChI is InChI=1S/C16H20N4O4/c1-3-24-14-9-12-11(8-13(14)23-2)15(18-10-17-12)19-4-6-20(7-5-19)16(21)22/h8-10H,3-7H2,1-2H3,(H,21,22). The van der Waals surface area contributed by atoms with Crippen molar-refractivity contribution in [1.82, 2.24) is 14.9 Å². The Kier molecular flexibility index (Phi) is 4.54. The Labute approximate surface area is 139 Å². The summed E-state index contributed by atoms with van der Waals surface area (Å²) in [5.41, 5.74) is 0.768. The molecule has 0 aliphatic carbocycles. The molecule has 3 rings (SSSR count). The van der Waals surface area contributed by atoms with E-state index in [-0.39, 0.29) is 0 Å². The molecular formula is C16H20N4O4. The molecule has 0 radical (unpaired) electrons. The monoisotopic (exact) mass is 332 g/mol. The van der Waals surface area contributed by atoms with Crippen LogP contribution in [0.3, 0.4) is 0 Å². The molecule has 8 nitrogen and oxygen atoms in total. The van der Waals surface area contributed by atoms with E-state index in [9.17, 15) is 4.79 Å². The normalized spacial score (nSPS) is 14.8. The van der Waals surface area contributed by atoms with E-state index in [1.54, 1.807) is 7.11 Å². The van der Waals surface area contributed by atoms with Crippen molar-refractivity contribution in [2.45, 2.75) is 6.92 Å². The molecule has 2 heterocycles. The Bertz CT molecular complexity index is 744. The van der Waals surface area contributed by atoms with E-state index in [2.05, 4.69) is 14.9 Å². The lowest BCUT2D eigenvalue weighted by Gasteiger charge is -2.34. The van der Waals surface area contributed by atoms with Crippen molar-refractivity contribution in [2.24, 2.45) is 0 Å². The van der Waals surface area contributed by atoms with Gasteiger partial charge in [-0.1, -0.05) is 0 Å². The average Bonchev–Trinajstić information content (AvgIpc) is 2.61. The van der Waals surface area contributed by atoms with Crippen LogP contribution in [0.2, 0.25) is 0 Å². The summed E-state index contributed by atoms with van der Waals surface area (Å²) in [7, 11) is 1.60. The molecule has 1 fully saturated rings. The lowest BCUT2D eigenvalue weighted by Crippen LogP contribution is -2.48. The number of hydrogen-bond acceptors (Lipinski definition) is 6. The van der Waals surface area contributed by atoms with Crippen molar-refractivity contribution < 1.29 is 19.4 Å². The Morgan fingerprint density at radius 2 is 1.96 bits per heavy atom. The number of anilines is 1. The Hall–Kier alpha value is -2.77. The summed E-state index contributed by atoms with van der Waals surface area (Å²) in [6, 6.07) is 3.72. The predicted molar refractivity (Wildman–Crippen MR) is 89.1 cm³/mol. The highest BCUT2D eigenvalue weighted by Crippen LogP contribution is 2.35. The second-order valence-corrected chi connectivity index (χ2v) is 5.41. The fraction of sp³-hybridized carbons (Fsp3) is 0.438. The van der Waals surface area contributed by atoms with Crippen LogP contribution in [0.5, 0.6) is 11.5 Å². The van der Waals surface area contributed by atoms with Crippen LogP contribution in [-0.4, -0.2) is 66.0 Å². The van der Waals surface area contributed by atoms with Crippen LogP contribution in [0.1, 0.15) is 6.92 Å². The smallest absolute Gasteiger partial charge is 0.407 e. The molecule has 8 heteroatoms. The lowest BCUT2D eigenvalue weighted by atomic mass is 10.2. The van der Waals surface area contributed by atoms with E-state index in [1.807, 2.05) is 19.1 Å². The van der Waals surface area contributed by atoms with Crippen molar-refractivity contribution in [2.75, 3.05) is 44.8 Å². The molecule has 128 valence electrons. The molecule has 1 aliphatic rings. The summed E-state index contributed by atoms with van der Waals surface area (Å²) in [6.07, 6.45) is 0.633. The number of carboxylic acid groups (broad SMARTS) is 1. The van der Waals surface area contributed by atoms with Crippen molar-refractivity contribution >= 4 is 22.8 Å². The van der Waals surface area contributed by atoms with Gasteiger partial charge in [-0.3, -0.25) is 0 Å². The predicted octanol–water partition coefficient (Wildman–Crippen LogP) is 1.84. The highest BCUT2D eigenvalue weighted by molar-refractivity contribution is 5.92. The van der Waals surface area contributed by atoms with Crippen LogP contribution in [0.25, 0.3) is 10.9 Å². The molecule has 0 atom stereocenters. The van der Waals surface area contributed by atoms with Crippen molar-refractivity contribution in [3.05, 3.63) is 18.5 Å². The van der Waals surface area contributed by atoms with Gasteiger partial charge >= 0.3 is 6.09 Å². The third-order valence-corrected chi connectivity index (χ3v) is 4.05. The van der Waals surface area contributed by atoms with E-state index in [4.69, 9.17) is 14.6 Å². The van der Waals surface area contributed by atoms with Gasteiger partial charge in [0.1, 0.15) is 12.1 Å². The number of amides is 1. The minimum Gasteiger partial charge on any atom is -0.493 e. The number of methoxy groups -OCH3 is 1. The van der Waals surface area contributed by atoms with Crippen molar-refractivity contribution in [1.29, 1.82) is 0 Å². The number of aromatic nitrogens is 2. The van der Waals surface area contributed by atoms with Crippen LogP contribution in [-0.2, 0) is 0 Å². The van der Waals surface area contributed by atoms with Crippen LogP contribution in [0.4, 0.5) is 10.6 Å². The fourth-order valence-corrected chi connectivity index (χ4v) is 2.84. The van der Waals surface area contributed by atoms with E-state index in [0.717, 1.165) is 16.7 Å². The largest absolute Gasteiger partial charge is 0.493 e. The van der Waals surface area contributed by atoms with Gasteiger partial charge in [0, 0.05) is 37.6 Å². The molecule has 1 aromatic heterocycles. The molecule has 2 aromatic rings. The molecule has 24 heavy (non-hydrogen) atoms. The minimum atomic E-state index is -0.884. The topological polar surface area (TPSA) is 88.0 Å². The van der Waals surface area contributed by atoms with Crippen molar-refractivity contribution in [3.63, 3.8) is 0 Å². The summed E-state index contributed by atoms with van der Waals surface area (Å²) in [4.78, 5) is 23.3. The van der Waals surface area contributed by atoms with Gasteiger partial charge in [-0.25, -0.2) is 14.8 Å². The van der Waals surface area contributed by atoms with Crippen molar-refractivity contribution in [3.8, 4) is 11.5 Å². The van der Waals surface area contributed by atoms with Gasteiger partial charge in [0.15, 0.2) is 11.5 Å². The van der Waals surface area contributed by atoms with Crippen LogP contribution in [0, 0.1) is 0 Å². The molecule has 0 saturated carbocycles. The van der Waals surface area contributed by atoms with Gasteiger partial charge in [-0.05, 0) is 13.0 Å². The zero-order chi connectivity index (χ0) is 17.1. The Morgan fingerprint density at radius 3 is 2.58 bits per heavy atom. The summed E-state index contributed by atoms with van der Waals surface area (Å²) in [5, 5.41) is 9.93. The highest BCUT2D eigenvalue weighted by atomic mass is 16.5. The summed E-state index contributed by atoms with van der Waals surface area (Å²) < 4.78 is 11.0. The highest BCUT2D eigenvalue weighted by Gasteiger charge is 2.23. The van der Waals surface area contributed by atoms with Crippen LogP contribution in [0.15, 0.2) is 18.5 Å². The lowest BCUT2D eigenvalue weighted by molar-refractivity contribution is 0.142. The molecular weight excluding hydrogens is 312 g/mol. The molecule has 1 N–H and O–H groups in total. The van der Waals surface area contributed by atoms with Gasteiger partial charge in [0.25, 0.3) is 0 Å². The van der Waals surface area contributed by atoms with E-state index in [1.165, 1.54) is 11.2 Å². The maximum absolute atomic E-state index is 11.0. The van der Waals surface area contributed by atoms with Gasteiger partial charge in [-0.2, -0.15) is 0 Å². The number of rotatable bonds is 4. The third kappa shape index (κ3) is 2.99. The molecule has 0 bridgehead atoms. The third-order valence-electron chi connectivity index (χ3n) is 4.05. The van der Waals surface area contributed by atoms with E-state index < -0.39 is 6.09 Å². The maximum atomic E-state index is 11.0. The minimum absolute atomic E-state index is 0.453. The number of nitrogens with zero attached hydrogens (tertiary/aromatic N) is 4. The maximum Gasteiger partial charge on any atom is 0.407 e. The van der Waals surface area contributed by atoms with E-state index >= 15 is 0 Å². The van der Waals surface area contributed by atoms with Gasteiger partial charge in [-0.15, -0.1) is 0 Å². The van der Waals surface area contributed by atoms with Crippen LogP contribution >= 0.6 is 0 Å². The molecule has 1 saturated heterocycles. The molecule has 1 amide bonds. The van der Waals surface area contributed by atoms with Gasteiger partial charge < -0.3 is 24.4 Å². The summed E-state index contributed by atoms with van der Waals surface area (Å²) >= 11 is 0. The number of carbonyl (C=O) groups is 1. The molecule has 1 aliphatic heterocycles. The average molecular weight is 332 g/mol. The number of benzene rings is 1. The Balaban J connectivity index is 1.95. The quantitative estimate of drug-likeness (QED) is 0.914.